The van der Waals surface area contributed by atoms with Crippen molar-refractivity contribution in [3.63, 3.8) is 0 Å². The topological polar surface area (TPSA) is 86.8 Å². The Morgan fingerprint density at radius 3 is 2.18 bits per heavy atom. The van der Waals surface area contributed by atoms with Crippen molar-refractivity contribution >= 4 is 27.5 Å². The SMILES string of the molecule is CCNC(=O)[C@@H](CC)N(Cc1ccc(C)cc1)C(=O)CN(c1ccc(F)c(F)c1)S(C)(=O)=O. The van der Waals surface area contributed by atoms with Gasteiger partial charge in [0.1, 0.15) is 12.6 Å². The molecule has 1 N–H and O–H groups in total. The number of amides is 2. The molecule has 180 valence electrons. The number of nitrogens with zero attached hydrogens (tertiary/aromatic N) is 2. The summed E-state index contributed by atoms with van der Waals surface area (Å²) < 4.78 is 52.7. The molecule has 2 aromatic rings. The van der Waals surface area contributed by atoms with Crippen LogP contribution in [0.1, 0.15) is 31.4 Å². The van der Waals surface area contributed by atoms with Crippen LogP contribution in [0, 0.1) is 18.6 Å². The van der Waals surface area contributed by atoms with Gasteiger partial charge in [-0.25, -0.2) is 17.2 Å². The van der Waals surface area contributed by atoms with Crippen LogP contribution in [0.2, 0.25) is 0 Å². The normalized spacial score (nSPS) is 12.2. The lowest BCUT2D eigenvalue weighted by Gasteiger charge is -2.32. The van der Waals surface area contributed by atoms with Gasteiger partial charge in [-0.05, 0) is 38.0 Å². The molecule has 33 heavy (non-hydrogen) atoms. The highest BCUT2D eigenvalue weighted by molar-refractivity contribution is 7.92. The van der Waals surface area contributed by atoms with Crippen LogP contribution in [-0.2, 0) is 26.2 Å². The van der Waals surface area contributed by atoms with E-state index in [9.17, 15) is 26.8 Å². The molecule has 0 spiro atoms. The average Bonchev–Trinajstić information content (AvgIpc) is 2.74. The first-order valence-electron chi connectivity index (χ1n) is 10.5. The fraction of sp³-hybridized carbons (Fsp3) is 0.391. The molecule has 2 amide bonds. The number of nitrogens with one attached hydrogen (secondary N) is 1. The van der Waals surface area contributed by atoms with Crippen LogP contribution in [0.5, 0.6) is 0 Å². The van der Waals surface area contributed by atoms with Gasteiger partial charge < -0.3 is 10.2 Å². The van der Waals surface area contributed by atoms with E-state index in [1.165, 1.54) is 4.90 Å². The van der Waals surface area contributed by atoms with Crippen LogP contribution in [-0.4, -0.2) is 50.5 Å². The van der Waals surface area contributed by atoms with Gasteiger partial charge in [-0.1, -0.05) is 36.8 Å². The van der Waals surface area contributed by atoms with Gasteiger partial charge in [-0.2, -0.15) is 0 Å². The molecule has 0 radical (unpaired) electrons. The second kappa shape index (κ2) is 11.2. The zero-order valence-electron chi connectivity index (χ0n) is 19.1. The maximum Gasteiger partial charge on any atom is 0.244 e. The summed E-state index contributed by atoms with van der Waals surface area (Å²) in [6.07, 6.45) is 1.17. The first-order chi connectivity index (χ1) is 15.5. The molecule has 0 aliphatic rings. The Kier molecular flexibility index (Phi) is 8.92. The smallest absolute Gasteiger partial charge is 0.244 e. The third-order valence-electron chi connectivity index (χ3n) is 5.08. The number of rotatable bonds is 10. The van der Waals surface area contributed by atoms with E-state index in [0.29, 0.717) is 17.3 Å². The van der Waals surface area contributed by atoms with Crippen LogP contribution in [0.3, 0.4) is 0 Å². The molecule has 10 heteroatoms. The number of hydrogen-bond donors (Lipinski definition) is 1. The van der Waals surface area contributed by atoms with Gasteiger partial charge in [0.15, 0.2) is 11.6 Å². The number of halogens is 2. The number of anilines is 1. The van der Waals surface area contributed by atoms with Gasteiger partial charge in [-0.3, -0.25) is 13.9 Å². The Morgan fingerprint density at radius 1 is 1.03 bits per heavy atom. The quantitative estimate of drug-likeness (QED) is 0.565. The fourth-order valence-corrected chi connectivity index (χ4v) is 4.20. The van der Waals surface area contributed by atoms with E-state index >= 15 is 0 Å². The molecule has 0 bridgehead atoms. The van der Waals surface area contributed by atoms with Crippen molar-refractivity contribution in [3.05, 3.63) is 65.2 Å². The molecular formula is C23H29F2N3O4S. The summed E-state index contributed by atoms with van der Waals surface area (Å²) >= 11 is 0. The second-order valence-corrected chi connectivity index (χ2v) is 9.60. The molecule has 2 rings (SSSR count). The number of likely N-dealkylation sites (N-methyl/N-ethyl adjacent to an activating group) is 1. The fourth-order valence-electron chi connectivity index (χ4n) is 3.36. The highest BCUT2D eigenvalue weighted by atomic mass is 32.2. The second-order valence-electron chi connectivity index (χ2n) is 7.69. The van der Waals surface area contributed by atoms with Gasteiger partial charge in [0.2, 0.25) is 21.8 Å². The Labute approximate surface area is 193 Å². The Morgan fingerprint density at radius 2 is 1.67 bits per heavy atom. The van der Waals surface area contributed by atoms with Crippen molar-refractivity contribution in [2.24, 2.45) is 0 Å². The molecule has 0 saturated carbocycles. The van der Waals surface area contributed by atoms with Crippen LogP contribution >= 0.6 is 0 Å². The van der Waals surface area contributed by atoms with Crippen molar-refractivity contribution < 1.29 is 26.8 Å². The van der Waals surface area contributed by atoms with Crippen molar-refractivity contribution in [1.82, 2.24) is 10.2 Å². The highest BCUT2D eigenvalue weighted by Crippen LogP contribution is 2.22. The summed E-state index contributed by atoms with van der Waals surface area (Å²) in [5, 5.41) is 2.70. The molecule has 0 heterocycles. The highest BCUT2D eigenvalue weighted by Gasteiger charge is 2.31. The number of hydrogen-bond acceptors (Lipinski definition) is 4. The maximum atomic E-state index is 13.8. The predicted octanol–water partition coefficient (Wildman–Crippen LogP) is 2.98. The van der Waals surface area contributed by atoms with Crippen LogP contribution in [0.25, 0.3) is 0 Å². The summed E-state index contributed by atoms with van der Waals surface area (Å²) in [6.45, 7) is 5.19. The largest absolute Gasteiger partial charge is 0.355 e. The number of carbonyl (C=O) groups is 2. The Bertz CT molecular complexity index is 1090. The molecule has 0 aliphatic heterocycles. The number of benzene rings is 2. The average molecular weight is 482 g/mol. The van der Waals surface area contributed by atoms with E-state index in [2.05, 4.69) is 5.32 Å². The summed E-state index contributed by atoms with van der Waals surface area (Å²) in [5.74, 6) is -3.39. The van der Waals surface area contributed by atoms with Gasteiger partial charge in [0, 0.05) is 19.2 Å². The number of carbonyl (C=O) groups excluding carboxylic acids is 2. The van der Waals surface area contributed by atoms with Gasteiger partial charge in [-0.15, -0.1) is 0 Å². The van der Waals surface area contributed by atoms with Crippen molar-refractivity contribution in [2.45, 2.75) is 39.8 Å². The van der Waals surface area contributed by atoms with Crippen molar-refractivity contribution in [1.29, 1.82) is 0 Å². The summed E-state index contributed by atoms with van der Waals surface area (Å²) in [6, 6.07) is 9.14. The zero-order chi connectivity index (χ0) is 24.8. The van der Waals surface area contributed by atoms with Gasteiger partial charge in [0.05, 0.1) is 11.9 Å². The summed E-state index contributed by atoms with van der Waals surface area (Å²) in [4.78, 5) is 27.4. The van der Waals surface area contributed by atoms with Crippen LogP contribution in [0.15, 0.2) is 42.5 Å². The minimum atomic E-state index is -4.02. The van der Waals surface area contributed by atoms with E-state index in [1.54, 1.807) is 13.8 Å². The molecule has 0 aromatic heterocycles. The number of aryl methyl sites for hydroxylation is 1. The van der Waals surface area contributed by atoms with E-state index < -0.39 is 40.2 Å². The summed E-state index contributed by atoms with van der Waals surface area (Å²) in [7, 11) is -4.02. The monoisotopic (exact) mass is 481 g/mol. The molecule has 0 fully saturated rings. The lowest BCUT2D eigenvalue weighted by atomic mass is 10.1. The van der Waals surface area contributed by atoms with Crippen LogP contribution in [0.4, 0.5) is 14.5 Å². The van der Waals surface area contributed by atoms with E-state index in [1.807, 2.05) is 31.2 Å². The van der Waals surface area contributed by atoms with Crippen molar-refractivity contribution in [2.75, 3.05) is 23.7 Å². The van der Waals surface area contributed by atoms with E-state index in [-0.39, 0.29) is 18.1 Å². The zero-order valence-corrected chi connectivity index (χ0v) is 20.0. The molecule has 0 aliphatic carbocycles. The predicted molar refractivity (Wildman–Crippen MR) is 123 cm³/mol. The maximum absolute atomic E-state index is 13.8. The molecule has 0 saturated heterocycles. The number of sulfonamides is 1. The Balaban J connectivity index is 2.44. The van der Waals surface area contributed by atoms with E-state index in [0.717, 1.165) is 35.6 Å². The molecule has 1 atom stereocenters. The van der Waals surface area contributed by atoms with Crippen LogP contribution < -0.4 is 9.62 Å². The van der Waals surface area contributed by atoms with Gasteiger partial charge >= 0.3 is 0 Å². The molecular weight excluding hydrogens is 452 g/mol. The van der Waals surface area contributed by atoms with Crippen molar-refractivity contribution in [3.8, 4) is 0 Å². The van der Waals surface area contributed by atoms with Gasteiger partial charge in [0.25, 0.3) is 0 Å². The summed E-state index contributed by atoms with van der Waals surface area (Å²) in [5.41, 5.74) is 1.59. The third kappa shape index (κ3) is 6.98. The standard InChI is InChI=1S/C23H29F2N3O4S/c1-5-21(23(30)26-6-2)27(14-17-9-7-16(3)8-10-17)22(29)15-28(33(4,31)32)18-11-12-19(24)20(25)13-18/h7-13,21H,5-6,14-15H2,1-4H3,(H,26,30)/t21-/m1/s1. The molecule has 2 aromatic carbocycles. The lowest BCUT2D eigenvalue weighted by molar-refractivity contribution is -0.140. The minimum Gasteiger partial charge on any atom is -0.355 e. The first-order valence-corrected chi connectivity index (χ1v) is 12.4. The van der Waals surface area contributed by atoms with E-state index in [4.69, 9.17) is 0 Å². The molecule has 0 unspecified atom stereocenters. The lowest BCUT2D eigenvalue weighted by Crippen LogP contribution is -2.52. The third-order valence-corrected chi connectivity index (χ3v) is 6.22. The minimum absolute atomic E-state index is 0.0735. The molecule has 7 nitrogen and oxygen atoms in total. The Hall–Kier alpha value is -3.01. The first kappa shape index (κ1) is 26.2.